The highest BCUT2D eigenvalue weighted by Gasteiger charge is 2.14. The van der Waals surface area contributed by atoms with Crippen molar-refractivity contribution >= 4 is 48.9 Å². The molecule has 5 rings (SSSR count). The summed E-state index contributed by atoms with van der Waals surface area (Å²) >= 11 is 0. The molecule has 0 atom stereocenters. The molecule has 0 bridgehead atoms. The Morgan fingerprint density at radius 3 is 1.46 bits per heavy atom. The van der Waals surface area contributed by atoms with E-state index in [-0.39, 0.29) is 0 Å². The minimum Gasteiger partial charge on any atom is -0.300 e. The fraction of sp³-hybridized carbons (Fsp3) is 0.447. The Morgan fingerprint density at radius 1 is 0.462 bits per heavy atom. The molecule has 0 radical (unpaired) electrons. The molecule has 5 aromatic rings. The largest absolute Gasteiger partial charge is 0.300 e. The predicted molar refractivity (Wildman–Crippen MR) is 171 cm³/mol. The molecule has 0 amide bonds. The Hall–Kier alpha value is -2.93. The molecular weight excluding hydrogens is 472 g/mol. The highest BCUT2D eigenvalue weighted by molar-refractivity contribution is 6.33. The molecule has 0 fully saturated rings. The minimum absolute atomic E-state index is 0.340. The molecule has 0 heterocycles. The van der Waals surface area contributed by atoms with Crippen LogP contribution in [0.3, 0.4) is 0 Å². The lowest BCUT2D eigenvalue weighted by Gasteiger charge is -2.16. The smallest absolute Gasteiger partial charge is 0.129 e. The SMILES string of the molecule is CC(=O)CCCCCCCCCCCCCCCCc1ccc2c3cccc4cccc(c5cccc1c52)c43. The maximum absolute atomic E-state index is 11.0. The lowest BCUT2D eigenvalue weighted by molar-refractivity contribution is -0.117. The van der Waals surface area contributed by atoms with Gasteiger partial charge in [-0.25, -0.2) is 0 Å². The second-order valence-electron chi connectivity index (χ2n) is 11.9. The van der Waals surface area contributed by atoms with Gasteiger partial charge < -0.3 is 4.79 Å². The van der Waals surface area contributed by atoms with E-state index in [1.54, 1.807) is 6.92 Å². The van der Waals surface area contributed by atoms with Gasteiger partial charge in [-0.15, -0.1) is 0 Å². The first kappa shape index (κ1) is 27.6. The number of carbonyl (C=O) groups is 1. The zero-order valence-electron chi connectivity index (χ0n) is 24.1. The van der Waals surface area contributed by atoms with E-state index in [1.807, 2.05) is 0 Å². The van der Waals surface area contributed by atoms with E-state index in [2.05, 4.69) is 66.7 Å². The number of unbranched alkanes of at least 4 members (excludes halogenated alkanes) is 13. The van der Waals surface area contributed by atoms with Gasteiger partial charge in [-0.1, -0.05) is 144 Å². The first-order chi connectivity index (χ1) is 19.2. The molecule has 39 heavy (non-hydrogen) atoms. The number of aryl methyl sites for hydroxylation is 1. The van der Waals surface area contributed by atoms with Crippen LogP contribution in [0.2, 0.25) is 0 Å². The quantitative estimate of drug-likeness (QED) is 0.0679. The highest BCUT2D eigenvalue weighted by Crippen LogP contribution is 2.41. The summed E-state index contributed by atoms with van der Waals surface area (Å²) in [6.45, 7) is 1.70. The average Bonchev–Trinajstić information content (AvgIpc) is 2.95. The molecular formula is C38H46O. The molecule has 0 unspecified atom stereocenters. The zero-order chi connectivity index (χ0) is 26.9. The van der Waals surface area contributed by atoms with Crippen LogP contribution < -0.4 is 0 Å². The molecule has 0 saturated carbocycles. The van der Waals surface area contributed by atoms with Crippen molar-refractivity contribution in [3.05, 3.63) is 72.3 Å². The van der Waals surface area contributed by atoms with E-state index in [1.165, 1.54) is 139 Å². The predicted octanol–water partition coefficient (Wildman–Crippen LogP) is 11.7. The van der Waals surface area contributed by atoms with Gasteiger partial charge in [-0.3, -0.25) is 0 Å². The molecule has 5 aromatic carbocycles. The minimum atomic E-state index is 0.340. The van der Waals surface area contributed by atoms with E-state index >= 15 is 0 Å². The molecule has 0 aliphatic rings. The van der Waals surface area contributed by atoms with Crippen molar-refractivity contribution in [2.45, 2.75) is 110 Å². The van der Waals surface area contributed by atoms with Gasteiger partial charge in [-0.05, 0) is 74.8 Å². The fourth-order valence-electron chi connectivity index (χ4n) is 6.73. The Morgan fingerprint density at radius 2 is 0.897 bits per heavy atom. The van der Waals surface area contributed by atoms with Crippen LogP contribution in [0, 0.1) is 0 Å². The van der Waals surface area contributed by atoms with Gasteiger partial charge in [0.25, 0.3) is 0 Å². The fourth-order valence-corrected chi connectivity index (χ4v) is 6.73. The van der Waals surface area contributed by atoms with Crippen LogP contribution in [0.5, 0.6) is 0 Å². The van der Waals surface area contributed by atoms with Crippen molar-refractivity contribution in [1.82, 2.24) is 0 Å². The van der Waals surface area contributed by atoms with Crippen molar-refractivity contribution in [3.63, 3.8) is 0 Å². The van der Waals surface area contributed by atoms with Crippen molar-refractivity contribution < 1.29 is 4.79 Å². The number of fused-ring (bicyclic) bond motifs is 2. The van der Waals surface area contributed by atoms with Gasteiger partial charge >= 0.3 is 0 Å². The number of rotatable bonds is 17. The van der Waals surface area contributed by atoms with Crippen LogP contribution in [0.1, 0.15) is 109 Å². The van der Waals surface area contributed by atoms with E-state index in [0.717, 1.165) is 12.8 Å². The van der Waals surface area contributed by atoms with Crippen molar-refractivity contribution in [2.24, 2.45) is 0 Å². The van der Waals surface area contributed by atoms with Gasteiger partial charge in [0.05, 0.1) is 0 Å². The first-order valence-corrected chi connectivity index (χ1v) is 15.8. The molecule has 0 aliphatic heterocycles. The third-order valence-electron chi connectivity index (χ3n) is 8.84. The van der Waals surface area contributed by atoms with Crippen LogP contribution >= 0.6 is 0 Å². The number of hydrogen-bond acceptors (Lipinski definition) is 1. The average molecular weight is 519 g/mol. The first-order valence-electron chi connectivity index (χ1n) is 15.8. The van der Waals surface area contributed by atoms with Crippen molar-refractivity contribution in [1.29, 1.82) is 0 Å². The van der Waals surface area contributed by atoms with Crippen molar-refractivity contribution in [2.75, 3.05) is 0 Å². The van der Waals surface area contributed by atoms with Gasteiger partial charge in [0, 0.05) is 6.42 Å². The molecule has 204 valence electrons. The number of carbonyl (C=O) groups excluding carboxylic acids is 1. The highest BCUT2D eigenvalue weighted by atomic mass is 16.1. The maximum Gasteiger partial charge on any atom is 0.129 e. The normalized spacial score (nSPS) is 11.9. The third-order valence-corrected chi connectivity index (χ3v) is 8.84. The summed E-state index contributed by atoms with van der Waals surface area (Å²) in [7, 11) is 0. The number of Topliss-reactive ketones (excluding diaryl/α,β-unsaturated/α-hetero) is 1. The number of hydrogen-bond donors (Lipinski definition) is 0. The van der Waals surface area contributed by atoms with Crippen LogP contribution in [0.15, 0.2) is 66.7 Å². The Bertz CT molecular complexity index is 1440. The lowest BCUT2D eigenvalue weighted by atomic mass is 9.87. The summed E-state index contributed by atoms with van der Waals surface area (Å²) in [6, 6.07) is 25.2. The molecule has 1 nitrogen and oxygen atoms in total. The molecule has 0 spiro atoms. The van der Waals surface area contributed by atoms with Gasteiger partial charge in [0.1, 0.15) is 5.78 Å². The Labute approximate surface area is 235 Å². The molecule has 1 heteroatoms. The molecule has 0 N–H and O–H groups in total. The Kier molecular flexibility index (Phi) is 9.86. The van der Waals surface area contributed by atoms with Crippen LogP contribution in [-0.4, -0.2) is 5.78 Å². The van der Waals surface area contributed by atoms with Gasteiger partial charge in [0.2, 0.25) is 0 Å². The molecule has 0 aliphatic carbocycles. The summed E-state index contributed by atoms with van der Waals surface area (Å²) < 4.78 is 0. The third kappa shape index (κ3) is 6.81. The van der Waals surface area contributed by atoms with E-state index in [0.29, 0.717) is 5.78 Å². The molecule has 0 aromatic heterocycles. The molecule has 0 saturated heterocycles. The van der Waals surface area contributed by atoms with Crippen LogP contribution in [-0.2, 0) is 11.2 Å². The monoisotopic (exact) mass is 518 g/mol. The summed E-state index contributed by atoms with van der Waals surface area (Å²) in [6.07, 6.45) is 20.7. The van der Waals surface area contributed by atoms with E-state index < -0.39 is 0 Å². The summed E-state index contributed by atoms with van der Waals surface area (Å²) in [5.41, 5.74) is 1.51. The van der Waals surface area contributed by atoms with Gasteiger partial charge in [0.15, 0.2) is 0 Å². The summed E-state index contributed by atoms with van der Waals surface area (Å²) in [5.74, 6) is 0.340. The topological polar surface area (TPSA) is 17.1 Å². The maximum atomic E-state index is 11.0. The second-order valence-corrected chi connectivity index (χ2v) is 11.9. The lowest BCUT2D eigenvalue weighted by Crippen LogP contribution is -1.92. The standard InChI is InChI=1S/C38H46O/c1-29(39)19-14-12-10-8-6-4-2-3-5-7-9-11-13-15-20-30-27-28-36-34-25-17-22-31-21-16-24-33(37(31)34)35-26-18-23-32(30)38(35)36/h16-18,21-28H,2-15,19-20H2,1H3. The van der Waals surface area contributed by atoms with Crippen LogP contribution in [0.4, 0.5) is 0 Å². The van der Waals surface area contributed by atoms with Crippen LogP contribution in [0.25, 0.3) is 43.1 Å². The van der Waals surface area contributed by atoms with E-state index in [4.69, 9.17) is 0 Å². The number of benzene rings is 5. The van der Waals surface area contributed by atoms with Crippen molar-refractivity contribution in [3.8, 4) is 0 Å². The van der Waals surface area contributed by atoms with Gasteiger partial charge in [-0.2, -0.15) is 0 Å². The zero-order valence-corrected chi connectivity index (χ0v) is 24.1. The second kappa shape index (κ2) is 13.9. The summed E-state index contributed by atoms with van der Waals surface area (Å²) in [5, 5.41) is 11.2. The summed E-state index contributed by atoms with van der Waals surface area (Å²) in [4.78, 5) is 11.0. The van der Waals surface area contributed by atoms with E-state index in [9.17, 15) is 4.79 Å². The number of ketones is 1. The Balaban J connectivity index is 1.04.